The van der Waals surface area contributed by atoms with Gasteiger partial charge in [0.1, 0.15) is 5.00 Å². The van der Waals surface area contributed by atoms with Crippen LogP contribution in [0, 0.1) is 0 Å². The zero-order chi connectivity index (χ0) is 20.2. The Bertz CT molecular complexity index is 944. The molecule has 1 unspecified atom stereocenters. The second kappa shape index (κ2) is 9.16. The number of thiophene rings is 1. The van der Waals surface area contributed by atoms with Gasteiger partial charge in [0.25, 0.3) is 5.91 Å². The van der Waals surface area contributed by atoms with Crippen LogP contribution in [0.2, 0.25) is 5.02 Å². The van der Waals surface area contributed by atoms with Crippen LogP contribution in [0.25, 0.3) is 0 Å². The molecule has 1 atom stereocenters. The molecule has 3 aromatic rings. The van der Waals surface area contributed by atoms with Crippen molar-refractivity contribution in [3.8, 4) is 0 Å². The third kappa shape index (κ3) is 4.58. The molecule has 1 amide bonds. The number of aryl methyl sites for hydroxylation is 1. The summed E-state index contributed by atoms with van der Waals surface area (Å²) in [5, 5.41) is 4.73. The van der Waals surface area contributed by atoms with Crippen molar-refractivity contribution >= 4 is 33.8 Å². The topological polar surface area (TPSA) is 45.5 Å². The quantitative estimate of drug-likeness (QED) is 0.495. The van der Waals surface area contributed by atoms with Crippen molar-refractivity contribution in [1.82, 2.24) is 4.90 Å². The number of nitrogens with one attached hydrogen (secondary N) is 1. The number of amides is 1. The second-order valence-corrected chi connectivity index (χ2v) is 8.91. The highest BCUT2D eigenvalue weighted by Crippen LogP contribution is 2.40. The van der Waals surface area contributed by atoms with Gasteiger partial charge in [-0.3, -0.25) is 9.69 Å². The first-order chi connectivity index (χ1) is 14.2. The van der Waals surface area contributed by atoms with E-state index in [1.807, 2.05) is 12.1 Å². The summed E-state index contributed by atoms with van der Waals surface area (Å²) >= 11 is 7.80. The molecule has 1 fully saturated rings. The molecule has 0 aliphatic carbocycles. The van der Waals surface area contributed by atoms with Crippen LogP contribution >= 0.6 is 22.9 Å². The molecule has 6 heteroatoms. The predicted molar refractivity (Wildman–Crippen MR) is 119 cm³/mol. The Morgan fingerprint density at radius 1 is 1.21 bits per heavy atom. The van der Waals surface area contributed by atoms with Crippen molar-refractivity contribution < 1.29 is 9.21 Å². The molecule has 1 aliphatic rings. The van der Waals surface area contributed by atoms with Crippen molar-refractivity contribution in [3.05, 3.63) is 75.5 Å². The summed E-state index contributed by atoms with van der Waals surface area (Å²) in [5.74, 6) is 0.109. The smallest absolute Gasteiger partial charge is 0.291 e. The molecule has 0 radical (unpaired) electrons. The van der Waals surface area contributed by atoms with E-state index in [2.05, 4.69) is 35.3 Å². The molecule has 1 aliphatic heterocycles. The van der Waals surface area contributed by atoms with Gasteiger partial charge in [0, 0.05) is 15.5 Å². The van der Waals surface area contributed by atoms with E-state index in [1.165, 1.54) is 36.0 Å². The molecular weight excluding hydrogens is 404 g/mol. The molecule has 3 heterocycles. The van der Waals surface area contributed by atoms with Crippen LogP contribution in [0.3, 0.4) is 0 Å². The van der Waals surface area contributed by atoms with E-state index in [0.29, 0.717) is 5.76 Å². The van der Waals surface area contributed by atoms with Crippen LogP contribution in [0.1, 0.15) is 58.8 Å². The van der Waals surface area contributed by atoms with Crippen molar-refractivity contribution in [3.63, 3.8) is 0 Å². The predicted octanol–water partition coefficient (Wildman–Crippen LogP) is 6.38. The van der Waals surface area contributed by atoms with Gasteiger partial charge >= 0.3 is 0 Å². The van der Waals surface area contributed by atoms with E-state index < -0.39 is 0 Å². The number of carbonyl (C=O) groups excluding carboxylic acids is 1. The Balaban J connectivity index is 1.73. The van der Waals surface area contributed by atoms with Crippen LogP contribution < -0.4 is 5.32 Å². The van der Waals surface area contributed by atoms with E-state index in [-0.39, 0.29) is 11.9 Å². The lowest BCUT2D eigenvalue weighted by atomic mass is 9.96. The van der Waals surface area contributed by atoms with E-state index in [9.17, 15) is 4.79 Å². The molecule has 152 valence electrons. The Hall–Kier alpha value is -2.08. The number of likely N-dealkylation sites (tertiary alicyclic amines) is 1. The lowest BCUT2D eigenvalue weighted by molar-refractivity contribution is 0.0996. The van der Waals surface area contributed by atoms with Gasteiger partial charge < -0.3 is 9.73 Å². The molecule has 1 N–H and O–H groups in total. The lowest BCUT2D eigenvalue weighted by Gasteiger charge is -2.35. The number of furan rings is 1. The van der Waals surface area contributed by atoms with Gasteiger partial charge in [-0.05, 0) is 68.2 Å². The number of nitrogens with zero attached hydrogens (tertiary/aromatic N) is 1. The van der Waals surface area contributed by atoms with Gasteiger partial charge in [-0.2, -0.15) is 0 Å². The third-order valence-electron chi connectivity index (χ3n) is 5.37. The highest BCUT2D eigenvalue weighted by molar-refractivity contribution is 7.16. The molecule has 4 rings (SSSR count). The van der Waals surface area contributed by atoms with Crippen LogP contribution in [0.5, 0.6) is 0 Å². The Morgan fingerprint density at radius 3 is 2.62 bits per heavy atom. The summed E-state index contributed by atoms with van der Waals surface area (Å²) in [6, 6.07) is 13.8. The fourth-order valence-corrected chi connectivity index (χ4v) is 5.07. The summed E-state index contributed by atoms with van der Waals surface area (Å²) in [4.78, 5) is 16.5. The third-order valence-corrected chi connectivity index (χ3v) is 6.83. The zero-order valence-electron chi connectivity index (χ0n) is 16.5. The average molecular weight is 429 g/mol. The second-order valence-electron chi connectivity index (χ2n) is 7.33. The largest absolute Gasteiger partial charge is 0.459 e. The molecule has 1 aromatic carbocycles. The molecule has 0 bridgehead atoms. The van der Waals surface area contributed by atoms with Gasteiger partial charge in [0.05, 0.1) is 12.3 Å². The zero-order valence-corrected chi connectivity index (χ0v) is 18.1. The fraction of sp³-hybridized carbons (Fsp3) is 0.348. The lowest BCUT2D eigenvalue weighted by Crippen LogP contribution is -2.34. The first-order valence-corrected chi connectivity index (χ1v) is 11.3. The Morgan fingerprint density at radius 2 is 1.97 bits per heavy atom. The Labute approximate surface area is 180 Å². The maximum atomic E-state index is 12.7. The van der Waals surface area contributed by atoms with Gasteiger partial charge in [-0.1, -0.05) is 37.1 Å². The Kier molecular flexibility index (Phi) is 6.38. The molecule has 4 nitrogen and oxygen atoms in total. The number of hydrogen-bond acceptors (Lipinski definition) is 4. The number of hydrogen-bond donors (Lipinski definition) is 1. The fourth-order valence-electron chi connectivity index (χ4n) is 3.91. The standard InChI is InChI=1S/C23H25ClN2O2S/c1-2-18-15-19(23(29-18)25-22(27)20-7-6-14-28-20)21(26-12-4-3-5-13-26)16-8-10-17(24)11-9-16/h6-11,14-15,21H,2-5,12-13H2,1H3,(H,25,27). The first kappa shape index (κ1) is 20.2. The van der Waals surface area contributed by atoms with Crippen molar-refractivity contribution in [2.45, 2.75) is 38.6 Å². The van der Waals surface area contributed by atoms with Crippen molar-refractivity contribution in [1.29, 1.82) is 0 Å². The van der Waals surface area contributed by atoms with E-state index in [0.717, 1.165) is 35.1 Å². The summed E-state index contributed by atoms with van der Waals surface area (Å²) in [7, 11) is 0. The number of carbonyl (C=O) groups is 1. The van der Waals surface area contributed by atoms with Gasteiger partial charge in [0.2, 0.25) is 0 Å². The molecule has 1 saturated heterocycles. The monoisotopic (exact) mass is 428 g/mol. The van der Waals surface area contributed by atoms with Crippen LogP contribution in [0.4, 0.5) is 5.00 Å². The first-order valence-electron chi connectivity index (χ1n) is 10.1. The number of anilines is 1. The van der Waals surface area contributed by atoms with Crippen molar-refractivity contribution in [2.75, 3.05) is 18.4 Å². The van der Waals surface area contributed by atoms with E-state index in [1.54, 1.807) is 23.5 Å². The summed E-state index contributed by atoms with van der Waals surface area (Å²) < 4.78 is 5.28. The van der Waals surface area contributed by atoms with Gasteiger partial charge in [-0.25, -0.2) is 0 Å². The summed E-state index contributed by atoms with van der Waals surface area (Å²) in [6.45, 7) is 4.25. The minimum Gasteiger partial charge on any atom is -0.459 e. The summed E-state index contributed by atoms with van der Waals surface area (Å²) in [5.41, 5.74) is 2.35. The van der Waals surface area contributed by atoms with Crippen LogP contribution in [-0.4, -0.2) is 23.9 Å². The number of halogens is 1. The van der Waals surface area contributed by atoms with Crippen LogP contribution in [0.15, 0.2) is 53.1 Å². The van der Waals surface area contributed by atoms with Crippen molar-refractivity contribution in [2.24, 2.45) is 0 Å². The maximum absolute atomic E-state index is 12.7. The molecule has 29 heavy (non-hydrogen) atoms. The molecule has 0 spiro atoms. The number of piperidine rings is 1. The highest BCUT2D eigenvalue weighted by atomic mass is 35.5. The summed E-state index contributed by atoms with van der Waals surface area (Å²) in [6.07, 6.45) is 6.12. The number of benzene rings is 1. The molecule has 0 saturated carbocycles. The van der Waals surface area contributed by atoms with E-state index >= 15 is 0 Å². The minimum atomic E-state index is -0.214. The number of rotatable bonds is 6. The average Bonchev–Trinajstić information content (AvgIpc) is 3.41. The SMILES string of the molecule is CCc1cc(C(c2ccc(Cl)cc2)N2CCCCC2)c(NC(=O)c2ccco2)s1. The van der Waals surface area contributed by atoms with Gasteiger partial charge in [-0.15, -0.1) is 11.3 Å². The normalized spacial score (nSPS) is 15.9. The molecule has 2 aromatic heterocycles. The highest BCUT2D eigenvalue weighted by Gasteiger charge is 2.28. The van der Waals surface area contributed by atoms with Crippen LogP contribution in [-0.2, 0) is 6.42 Å². The minimum absolute atomic E-state index is 0.0935. The van der Waals surface area contributed by atoms with E-state index in [4.69, 9.17) is 16.0 Å². The molecular formula is C23H25ClN2O2S. The van der Waals surface area contributed by atoms with Gasteiger partial charge in [0.15, 0.2) is 5.76 Å². The maximum Gasteiger partial charge on any atom is 0.291 e.